The van der Waals surface area contributed by atoms with Crippen molar-refractivity contribution >= 4 is 12.0 Å². The van der Waals surface area contributed by atoms with Crippen molar-refractivity contribution in [3.05, 3.63) is 0 Å². The summed E-state index contributed by atoms with van der Waals surface area (Å²) < 4.78 is 0. The van der Waals surface area contributed by atoms with Crippen LogP contribution in [0.15, 0.2) is 0 Å². The van der Waals surface area contributed by atoms with Crippen LogP contribution >= 0.6 is 0 Å². The van der Waals surface area contributed by atoms with Gasteiger partial charge in [0.25, 0.3) is 0 Å². The number of carboxylic acids is 1. The maximum atomic E-state index is 11.6. The highest BCUT2D eigenvalue weighted by atomic mass is 16.4. The second-order valence-electron chi connectivity index (χ2n) is 5.10. The fourth-order valence-corrected chi connectivity index (χ4v) is 2.36. The summed E-state index contributed by atoms with van der Waals surface area (Å²) in [5.41, 5.74) is 0. The summed E-state index contributed by atoms with van der Waals surface area (Å²) >= 11 is 0. The minimum atomic E-state index is -0.886. The van der Waals surface area contributed by atoms with Gasteiger partial charge in [-0.15, -0.1) is 0 Å². The van der Waals surface area contributed by atoms with Crippen LogP contribution < -0.4 is 10.6 Å². The quantitative estimate of drug-likeness (QED) is 0.655. The molecule has 0 bridgehead atoms. The number of aliphatic carboxylic acids is 1. The number of carbonyl (C=O) groups is 2. The van der Waals surface area contributed by atoms with Crippen molar-refractivity contribution in [1.82, 2.24) is 10.6 Å². The van der Waals surface area contributed by atoms with Gasteiger partial charge < -0.3 is 15.7 Å². The standard InChI is InChI=1S/C12H20N2O3/c15-10(16)6-7-13-12(17)14-11(9-4-5-9)8-2-1-3-8/h8-9,11H,1-7H2,(H,15,16)(H2,13,14,17). The Morgan fingerprint density at radius 2 is 1.82 bits per heavy atom. The van der Waals surface area contributed by atoms with E-state index in [0.29, 0.717) is 17.9 Å². The van der Waals surface area contributed by atoms with Gasteiger partial charge in [0.05, 0.1) is 6.42 Å². The van der Waals surface area contributed by atoms with Gasteiger partial charge >= 0.3 is 12.0 Å². The summed E-state index contributed by atoms with van der Waals surface area (Å²) in [4.78, 5) is 21.9. The first-order chi connectivity index (χ1) is 8.16. The normalized spacial score (nSPS) is 21.4. The number of nitrogens with one attached hydrogen (secondary N) is 2. The van der Waals surface area contributed by atoms with Gasteiger partial charge in [-0.1, -0.05) is 6.42 Å². The lowest BCUT2D eigenvalue weighted by atomic mass is 9.78. The van der Waals surface area contributed by atoms with Gasteiger partial charge in [-0.3, -0.25) is 4.79 Å². The SMILES string of the molecule is O=C(O)CCNC(=O)NC(C1CCC1)C1CC1. The highest BCUT2D eigenvalue weighted by Gasteiger charge is 2.39. The molecule has 2 amide bonds. The molecule has 0 aromatic carbocycles. The van der Waals surface area contributed by atoms with Crippen molar-refractivity contribution in [3.63, 3.8) is 0 Å². The second-order valence-corrected chi connectivity index (χ2v) is 5.10. The van der Waals surface area contributed by atoms with Crippen LogP contribution in [-0.4, -0.2) is 29.7 Å². The Bertz CT molecular complexity index is 298. The van der Waals surface area contributed by atoms with Crippen molar-refractivity contribution in [2.45, 2.75) is 44.6 Å². The van der Waals surface area contributed by atoms with Crippen molar-refractivity contribution in [2.75, 3.05) is 6.54 Å². The molecule has 2 aliphatic carbocycles. The molecule has 0 aromatic rings. The number of hydrogen-bond donors (Lipinski definition) is 3. The molecule has 5 heteroatoms. The molecule has 2 rings (SSSR count). The summed E-state index contributed by atoms with van der Waals surface area (Å²) in [6.07, 6.45) is 6.13. The van der Waals surface area contributed by atoms with Crippen LogP contribution in [0.5, 0.6) is 0 Å². The van der Waals surface area contributed by atoms with Gasteiger partial charge in [-0.05, 0) is 37.5 Å². The Morgan fingerprint density at radius 1 is 1.18 bits per heavy atom. The molecule has 17 heavy (non-hydrogen) atoms. The van der Waals surface area contributed by atoms with Gasteiger partial charge in [-0.25, -0.2) is 4.79 Å². The zero-order chi connectivity index (χ0) is 12.3. The van der Waals surface area contributed by atoms with E-state index < -0.39 is 5.97 Å². The van der Waals surface area contributed by atoms with Gasteiger partial charge in [0, 0.05) is 12.6 Å². The monoisotopic (exact) mass is 240 g/mol. The minimum absolute atomic E-state index is 0.0229. The smallest absolute Gasteiger partial charge is 0.315 e. The fraction of sp³-hybridized carbons (Fsp3) is 0.833. The second kappa shape index (κ2) is 5.38. The van der Waals surface area contributed by atoms with E-state index >= 15 is 0 Å². The van der Waals surface area contributed by atoms with Crippen molar-refractivity contribution in [1.29, 1.82) is 0 Å². The molecule has 0 aliphatic heterocycles. The molecule has 1 unspecified atom stereocenters. The first-order valence-corrected chi connectivity index (χ1v) is 6.43. The Morgan fingerprint density at radius 3 is 2.29 bits per heavy atom. The van der Waals surface area contributed by atoms with Gasteiger partial charge in [0.1, 0.15) is 0 Å². The van der Waals surface area contributed by atoms with E-state index in [1.807, 2.05) is 0 Å². The predicted octanol–water partition coefficient (Wildman–Crippen LogP) is 1.34. The number of hydrogen-bond acceptors (Lipinski definition) is 2. The van der Waals surface area contributed by atoms with E-state index in [0.717, 1.165) is 0 Å². The fourth-order valence-electron chi connectivity index (χ4n) is 2.36. The molecule has 1 atom stereocenters. The molecular formula is C12H20N2O3. The lowest BCUT2D eigenvalue weighted by molar-refractivity contribution is -0.136. The third-order valence-corrected chi connectivity index (χ3v) is 3.71. The van der Waals surface area contributed by atoms with E-state index in [1.54, 1.807) is 0 Å². The maximum Gasteiger partial charge on any atom is 0.315 e. The number of urea groups is 1. The molecule has 3 N–H and O–H groups in total. The number of carboxylic acid groups (broad SMARTS) is 1. The highest BCUT2D eigenvalue weighted by Crippen LogP contribution is 2.42. The Hall–Kier alpha value is -1.26. The van der Waals surface area contributed by atoms with E-state index in [-0.39, 0.29) is 19.0 Å². The third-order valence-electron chi connectivity index (χ3n) is 3.71. The summed E-state index contributed by atoms with van der Waals surface area (Å²) in [5.74, 6) is 0.418. The molecule has 0 aromatic heterocycles. The van der Waals surface area contributed by atoms with Crippen molar-refractivity contribution < 1.29 is 14.7 Å². The van der Waals surface area contributed by atoms with Crippen LogP contribution in [-0.2, 0) is 4.79 Å². The molecule has 0 saturated heterocycles. The maximum absolute atomic E-state index is 11.6. The van der Waals surface area contributed by atoms with Crippen LogP contribution in [0.25, 0.3) is 0 Å². The average Bonchev–Trinajstić information content (AvgIpc) is 2.96. The lowest BCUT2D eigenvalue weighted by Crippen LogP contribution is -2.48. The topological polar surface area (TPSA) is 78.4 Å². The van der Waals surface area contributed by atoms with E-state index in [2.05, 4.69) is 10.6 Å². The summed E-state index contributed by atoms with van der Waals surface area (Å²) in [6, 6.07) is 0.101. The van der Waals surface area contributed by atoms with Crippen LogP contribution in [0, 0.1) is 11.8 Å². The summed E-state index contributed by atoms with van der Waals surface area (Å²) in [5, 5.41) is 14.1. The van der Waals surface area contributed by atoms with Gasteiger partial charge in [0.2, 0.25) is 0 Å². The first kappa shape index (κ1) is 12.2. The lowest BCUT2D eigenvalue weighted by Gasteiger charge is -2.34. The molecule has 2 fully saturated rings. The molecule has 0 heterocycles. The number of carbonyl (C=O) groups excluding carboxylic acids is 1. The summed E-state index contributed by atoms with van der Waals surface area (Å²) in [7, 11) is 0. The zero-order valence-electron chi connectivity index (χ0n) is 9.95. The summed E-state index contributed by atoms with van der Waals surface area (Å²) in [6.45, 7) is 0.198. The predicted molar refractivity (Wildman–Crippen MR) is 62.6 cm³/mol. The number of rotatable bonds is 6. The Kier molecular flexibility index (Phi) is 3.86. The molecule has 0 radical (unpaired) electrons. The average molecular weight is 240 g/mol. The molecule has 5 nitrogen and oxygen atoms in total. The van der Waals surface area contributed by atoms with E-state index in [1.165, 1.54) is 32.1 Å². The van der Waals surface area contributed by atoms with Gasteiger partial charge in [0.15, 0.2) is 0 Å². The van der Waals surface area contributed by atoms with Crippen LogP contribution in [0.4, 0.5) is 4.79 Å². The molecule has 96 valence electrons. The molecule has 2 aliphatic rings. The molecule has 0 spiro atoms. The van der Waals surface area contributed by atoms with Crippen molar-refractivity contribution in [3.8, 4) is 0 Å². The molecular weight excluding hydrogens is 220 g/mol. The first-order valence-electron chi connectivity index (χ1n) is 6.43. The zero-order valence-corrected chi connectivity index (χ0v) is 9.95. The van der Waals surface area contributed by atoms with E-state index in [4.69, 9.17) is 5.11 Å². The Balaban J connectivity index is 1.69. The highest BCUT2D eigenvalue weighted by molar-refractivity contribution is 5.75. The van der Waals surface area contributed by atoms with E-state index in [9.17, 15) is 9.59 Å². The molecule has 2 saturated carbocycles. The van der Waals surface area contributed by atoms with Crippen molar-refractivity contribution in [2.24, 2.45) is 11.8 Å². The number of amides is 2. The van der Waals surface area contributed by atoms with Crippen LogP contribution in [0.1, 0.15) is 38.5 Å². The Labute approximate surface area is 101 Å². The van der Waals surface area contributed by atoms with Gasteiger partial charge in [-0.2, -0.15) is 0 Å². The minimum Gasteiger partial charge on any atom is -0.481 e. The van der Waals surface area contributed by atoms with Crippen LogP contribution in [0.3, 0.4) is 0 Å². The van der Waals surface area contributed by atoms with Crippen LogP contribution in [0.2, 0.25) is 0 Å². The largest absolute Gasteiger partial charge is 0.481 e. The third kappa shape index (κ3) is 3.61.